The Bertz CT molecular complexity index is 1040. The Morgan fingerprint density at radius 3 is 0.750 bits per heavy atom. The molecule has 0 saturated heterocycles. The summed E-state index contributed by atoms with van der Waals surface area (Å²) in [6.45, 7) is 32.0. The molecule has 4 atom stereocenters. The number of hydrogen-bond acceptors (Lipinski definition) is 4. The van der Waals surface area contributed by atoms with Crippen LogP contribution in [-0.4, -0.2) is 96.3 Å². The third-order valence-corrected chi connectivity index (χ3v) is 23.4. The maximum Gasteiger partial charge on any atom is 0.123 e. The molecule has 1 aliphatic rings. The number of rotatable bonds is 0. The summed E-state index contributed by atoms with van der Waals surface area (Å²) < 4.78 is 25.5. The number of benzene rings is 2. The molecule has 0 radical (unpaired) electrons. The molecule has 8 heteroatoms. The van der Waals surface area contributed by atoms with E-state index in [2.05, 4.69) is 132 Å². The van der Waals surface area contributed by atoms with Gasteiger partial charge in [0.05, 0.1) is 26.4 Å². The molecule has 1 heterocycles. The molecule has 4 unspecified atom stereocenters. The molecule has 4 nitrogen and oxygen atoms in total. The number of ether oxygens (including phenoxy) is 4. The van der Waals surface area contributed by atoms with Gasteiger partial charge in [-0.25, -0.2) is 0 Å². The molecule has 0 aromatic heterocycles. The molecular weight excluding hydrogens is 668 g/mol. The summed E-state index contributed by atoms with van der Waals surface area (Å²) in [4.78, 5) is 0. The summed E-state index contributed by atoms with van der Waals surface area (Å²) in [7, 11) is -0.735. The summed E-state index contributed by atoms with van der Waals surface area (Å²) in [5.41, 5.74) is 0. The van der Waals surface area contributed by atoms with E-state index >= 15 is 0 Å². The minimum Gasteiger partial charge on any atom is -0.493 e. The van der Waals surface area contributed by atoms with Gasteiger partial charge in [-0.3, -0.25) is 0 Å². The van der Waals surface area contributed by atoms with Crippen LogP contribution in [0.15, 0.2) is 48.5 Å². The van der Waals surface area contributed by atoms with Crippen molar-refractivity contribution in [2.24, 2.45) is 0 Å². The Hall–Kier alpha value is -0.640. The zero-order valence-corrected chi connectivity index (χ0v) is 36.1. The summed E-state index contributed by atoms with van der Waals surface area (Å²) in [5, 5.41) is 1.17. The van der Waals surface area contributed by atoms with Gasteiger partial charge in [0.15, 0.2) is 0 Å². The average Bonchev–Trinajstić information content (AvgIpc) is 2.96. The summed E-state index contributed by atoms with van der Waals surface area (Å²) >= 11 is 0. The topological polar surface area (TPSA) is 36.9 Å². The Balaban J connectivity index is 1.81. The summed E-state index contributed by atoms with van der Waals surface area (Å²) in [6, 6.07) is 16.7. The average molecular weight is 737 g/mol. The molecule has 0 spiro atoms. The Morgan fingerprint density at radius 2 is 0.562 bits per heavy atom. The zero-order chi connectivity index (χ0) is 35.6. The molecule has 1 aliphatic heterocycles. The first kappa shape index (κ1) is 41.8. The van der Waals surface area contributed by atoms with Gasteiger partial charge >= 0.3 is 0 Å². The van der Waals surface area contributed by atoms with Crippen LogP contribution in [0.5, 0.6) is 23.0 Å². The van der Waals surface area contributed by atoms with Gasteiger partial charge in [-0.2, -0.15) is 0 Å². The SMILES string of the molecule is CC(C)(C)P1CCOc2cccc(c2)OCCP(C(C)(C)C)CCP(C(C)(C)C)CCOc2cccc(c2)OCCP(C(C)(C)C)CC1. The Kier molecular flexibility index (Phi) is 16.3. The first-order chi connectivity index (χ1) is 22.3. The molecule has 0 N–H and O–H groups in total. The number of hydrogen-bond donors (Lipinski definition) is 0. The predicted molar refractivity (Wildman–Crippen MR) is 220 cm³/mol. The molecule has 3 rings (SSSR count). The number of fused-ring (bicyclic) bond motifs is 4. The van der Waals surface area contributed by atoms with Gasteiger partial charge in [0.2, 0.25) is 0 Å². The molecule has 0 amide bonds. The first-order valence-corrected chi connectivity index (χ1v) is 24.9. The van der Waals surface area contributed by atoms with E-state index in [-0.39, 0.29) is 31.7 Å². The fourth-order valence-corrected chi connectivity index (χ4v) is 17.4. The van der Waals surface area contributed by atoms with Gasteiger partial charge in [-0.05, 0) is 69.5 Å². The monoisotopic (exact) mass is 736 g/mol. The van der Waals surface area contributed by atoms with E-state index in [0.717, 1.165) is 74.1 Å². The molecule has 48 heavy (non-hydrogen) atoms. The van der Waals surface area contributed by atoms with Gasteiger partial charge < -0.3 is 18.9 Å². The van der Waals surface area contributed by atoms with Crippen molar-refractivity contribution in [3.63, 3.8) is 0 Å². The largest absolute Gasteiger partial charge is 0.493 e. The molecule has 2 aromatic rings. The van der Waals surface area contributed by atoms with E-state index < -0.39 is 0 Å². The molecule has 2 aromatic carbocycles. The Labute approximate surface area is 300 Å². The maximum absolute atomic E-state index is 6.38. The highest BCUT2D eigenvalue weighted by Crippen LogP contribution is 2.57. The lowest BCUT2D eigenvalue weighted by Gasteiger charge is -2.36. The summed E-state index contributed by atoms with van der Waals surface area (Å²) in [6.07, 6.45) is 9.61. The van der Waals surface area contributed by atoms with Crippen molar-refractivity contribution in [1.29, 1.82) is 0 Å². The van der Waals surface area contributed by atoms with Gasteiger partial charge in [0.25, 0.3) is 0 Å². The quantitative estimate of drug-likeness (QED) is 0.252. The lowest BCUT2D eigenvalue weighted by atomic mass is 10.3. The fraction of sp³-hybridized carbons (Fsp3) is 0.700. The van der Waals surface area contributed by atoms with E-state index in [0.29, 0.717) is 20.6 Å². The molecular formula is C40H68O4P4. The molecule has 0 fully saturated rings. The fourth-order valence-electron chi connectivity index (χ4n) is 6.02. The van der Waals surface area contributed by atoms with Crippen LogP contribution in [0.3, 0.4) is 0 Å². The highest BCUT2D eigenvalue weighted by molar-refractivity contribution is 7.64. The van der Waals surface area contributed by atoms with Crippen molar-refractivity contribution in [3.05, 3.63) is 48.5 Å². The molecule has 0 aliphatic carbocycles. The minimum atomic E-state index is -0.184. The third-order valence-electron chi connectivity index (χ3n) is 9.21. The van der Waals surface area contributed by atoms with Crippen LogP contribution in [0.2, 0.25) is 0 Å². The zero-order valence-electron chi connectivity index (χ0n) is 32.5. The Morgan fingerprint density at radius 1 is 0.354 bits per heavy atom. The lowest BCUT2D eigenvalue weighted by Crippen LogP contribution is -2.23. The highest BCUT2D eigenvalue weighted by atomic mass is 31.1. The predicted octanol–water partition coefficient (Wildman–Crippen LogP) is 12.0. The van der Waals surface area contributed by atoms with E-state index in [1.807, 2.05) is 0 Å². The van der Waals surface area contributed by atoms with Crippen LogP contribution in [0.4, 0.5) is 0 Å². The van der Waals surface area contributed by atoms with Crippen molar-refractivity contribution >= 4 is 31.7 Å². The van der Waals surface area contributed by atoms with E-state index in [9.17, 15) is 0 Å². The molecule has 272 valence electrons. The normalized spacial score (nSPS) is 23.9. The van der Waals surface area contributed by atoms with Crippen LogP contribution in [0, 0.1) is 0 Å². The van der Waals surface area contributed by atoms with Crippen molar-refractivity contribution in [2.45, 2.75) is 104 Å². The van der Waals surface area contributed by atoms with Crippen LogP contribution < -0.4 is 18.9 Å². The third kappa shape index (κ3) is 14.9. The van der Waals surface area contributed by atoms with Crippen molar-refractivity contribution in [3.8, 4) is 23.0 Å². The maximum atomic E-state index is 6.38. The van der Waals surface area contributed by atoms with Crippen molar-refractivity contribution in [1.82, 2.24) is 0 Å². The van der Waals surface area contributed by atoms with E-state index in [1.54, 1.807) is 0 Å². The van der Waals surface area contributed by atoms with E-state index in [4.69, 9.17) is 18.9 Å². The van der Waals surface area contributed by atoms with Crippen LogP contribution >= 0.6 is 31.7 Å². The van der Waals surface area contributed by atoms with Gasteiger partial charge in [0, 0.05) is 36.8 Å². The minimum absolute atomic E-state index is 0.184. The van der Waals surface area contributed by atoms with Crippen molar-refractivity contribution < 1.29 is 18.9 Å². The molecule has 0 saturated carbocycles. The molecule has 4 bridgehead atoms. The second-order valence-corrected chi connectivity index (χ2v) is 30.2. The smallest absolute Gasteiger partial charge is 0.123 e. The van der Waals surface area contributed by atoms with E-state index in [1.165, 1.54) is 24.6 Å². The highest BCUT2D eigenvalue weighted by Gasteiger charge is 2.30. The van der Waals surface area contributed by atoms with Gasteiger partial charge in [-0.1, -0.05) is 127 Å². The summed E-state index contributed by atoms with van der Waals surface area (Å²) in [5.74, 6) is 3.69. The van der Waals surface area contributed by atoms with Crippen LogP contribution in [-0.2, 0) is 0 Å². The van der Waals surface area contributed by atoms with Crippen LogP contribution in [0.25, 0.3) is 0 Å². The lowest BCUT2D eigenvalue weighted by molar-refractivity contribution is 0.324. The second kappa shape index (κ2) is 18.7. The first-order valence-electron chi connectivity index (χ1n) is 18.0. The van der Waals surface area contributed by atoms with Crippen molar-refractivity contribution in [2.75, 3.05) is 75.7 Å². The van der Waals surface area contributed by atoms with Crippen LogP contribution in [0.1, 0.15) is 83.1 Å². The van der Waals surface area contributed by atoms with Gasteiger partial charge in [-0.15, -0.1) is 0 Å². The second-order valence-electron chi connectivity index (χ2n) is 17.0. The van der Waals surface area contributed by atoms with Gasteiger partial charge in [0.1, 0.15) is 23.0 Å². The standard InChI is InChI=1S/C40H68O4P4/c1-37(2,3)45-23-19-41-33-15-13-16-34(31-33)43-21-25-47(39(7,8)9)29-30-48(40(10,11)12)26-22-44-36-18-14-17-35(32-36)42-20-24-46(28-27-45)38(4,5)6/h13-18,31-32H,19-30H2,1-12H3.